The lowest BCUT2D eigenvalue weighted by Gasteiger charge is -2.07. The van der Waals surface area contributed by atoms with Gasteiger partial charge in [-0.15, -0.1) is 6.42 Å². The van der Waals surface area contributed by atoms with Crippen LogP contribution in [-0.2, 0) is 0 Å². The maximum atomic E-state index is 11.3. The molecule has 0 saturated heterocycles. The Morgan fingerprint density at radius 1 is 1.17 bits per heavy atom. The summed E-state index contributed by atoms with van der Waals surface area (Å²) >= 11 is 0. The number of amides is 1. The van der Waals surface area contributed by atoms with E-state index in [0.717, 1.165) is 22.6 Å². The number of nitrogens with zero attached hydrogens (tertiary/aromatic N) is 1. The number of primary amides is 1. The molecule has 0 atom stereocenters. The van der Waals surface area contributed by atoms with E-state index in [0.29, 0.717) is 16.8 Å². The topological polar surface area (TPSA) is 73.1 Å². The van der Waals surface area contributed by atoms with E-state index in [2.05, 4.69) is 10.9 Å². The van der Waals surface area contributed by atoms with Crippen LogP contribution in [0.2, 0.25) is 0 Å². The van der Waals surface area contributed by atoms with Gasteiger partial charge in [0.05, 0.1) is 5.69 Å². The first-order valence-electron chi connectivity index (χ1n) is 6.90. The zero-order valence-corrected chi connectivity index (χ0v) is 12.1. The molecule has 2 N–H and O–H groups in total. The van der Waals surface area contributed by atoms with Gasteiger partial charge in [0.1, 0.15) is 5.69 Å². The minimum absolute atomic E-state index is 0.207. The monoisotopic (exact) mass is 300 g/mol. The van der Waals surface area contributed by atoms with Crippen molar-refractivity contribution in [1.29, 1.82) is 0 Å². The first kappa shape index (κ1) is 14.5. The highest BCUT2D eigenvalue weighted by atomic mass is 16.1. The molecular formula is C19H12N2O2. The van der Waals surface area contributed by atoms with Crippen LogP contribution in [0.4, 0.5) is 0 Å². The van der Waals surface area contributed by atoms with Crippen LogP contribution in [0.25, 0.3) is 22.0 Å². The van der Waals surface area contributed by atoms with Crippen LogP contribution in [0.3, 0.4) is 0 Å². The summed E-state index contributed by atoms with van der Waals surface area (Å²) in [6.45, 7) is 0. The van der Waals surface area contributed by atoms with Gasteiger partial charge in [0, 0.05) is 16.7 Å². The van der Waals surface area contributed by atoms with E-state index < -0.39 is 5.91 Å². The number of carbonyl (C=O) groups is 2. The molecule has 0 saturated carbocycles. The summed E-state index contributed by atoms with van der Waals surface area (Å²) < 4.78 is 0. The van der Waals surface area contributed by atoms with E-state index in [1.807, 2.05) is 24.3 Å². The Morgan fingerprint density at radius 3 is 2.70 bits per heavy atom. The number of aromatic nitrogens is 1. The molecule has 4 nitrogen and oxygen atoms in total. The van der Waals surface area contributed by atoms with Gasteiger partial charge in [-0.2, -0.15) is 0 Å². The van der Waals surface area contributed by atoms with Crippen molar-refractivity contribution in [2.75, 3.05) is 0 Å². The Morgan fingerprint density at radius 2 is 2.00 bits per heavy atom. The summed E-state index contributed by atoms with van der Waals surface area (Å²) in [5, 5.41) is 1.65. The van der Waals surface area contributed by atoms with Crippen molar-refractivity contribution in [2.24, 2.45) is 5.73 Å². The van der Waals surface area contributed by atoms with E-state index in [-0.39, 0.29) is 5.69 Å². The van der Waals surface area contributed by atoms with Crippen molar-refractivity contribution in [3.63, 3.8) is 0 Å². The fraction of sp³-hybridized carbons (Fsp3) is 0. The quantitative estimate of drug-likeness (QED) is 0.597. The second-order valence-corrected chi connectivity index (χ2v) is 5.00. The summed E-state index contributed by atoms with van der Waals surface area (Å²) in [4.78, 5) is 26.8. The van der Waals surface area contributed by atoms with Crippen molar-refractivity contribution in [3.8, 4) is 23.6 Å². The molecule has 4 heteroatoms. The zero-order valence-electron chi connectivity index (χ0n) is 12.1. The minimum Gasteiger partial charge on any atom is -0.364 e. The number of carbonyl (C=O) groups excluding carboxylic acids is 2. The maximum Gasteiger partial charge on any atom is 0.267 e. The third kappa shape index (κ3) is 2.56. The largest absolute Gasteiger partial charge is 0.364 e. The first-order valence-corrected chi connectivity index (χ1v) is 6.90. The average molecular weight is 300 g/mol. The van der Waals surface area contributed by atoms with Crippen LogP contribution < -0.4 is 5.73 Å². The second-order valence-electron chi connectivity index (χ2n) is 5.00. The van der Waals surface area contributed by atoms with Gasteiger partial charge in [-0.05, 0) is 35.0 Å². The van der Waals surface area contributed by atoms with E-state index >= 15 is 0 Å². The van der Waals surface area contributed by atoms with Crippen LogP contribution in [0.1, 0.15) is 26.4 Å². The molecule has 0 spiro atoms. The molecule has 1 amide bonds. The normalized spacial score (nSPS) is 10.2. The third-order valence-electron chi connectivity index (χ3n) is 3.63. The number of hydrogen-bond donors (Lipinski definition) is 1. The van der Waals surface area contributed by atoms with Crippen molar-refractivity contribution < 1.29 is 9.59 Å². The summed E-state index contributed by atoms with van der Waals surface area (Å²) in [7, 11) is 0. The molecule has 3 aromatic rings. The fourth-order valence-electron chi connectivity index (χ4n) is 2.50. The molecule has 0 radical (unpaired) electrons. The molecule has 0 aliphatic heterocycles. The highest BCUT2D eigenvalue weighted by Crippen LogP contribution is 2.26. The van der Waals surface area contributed by atoms with Crippen LogP contribution in [0, 0.1) is 12.3 Å². The number of nitrogens with two attached hydrogens (primary N) is 1. The molecule has 23 heavy (non-hydrogen) atoms. The smallest absolute Gasteiger partial charge is 0.267 e. The van der Waals surface area contributed by atoms with Crippen LogP contribution in [0.15, 0.2) is 48.5 Å². The lowest BCUT2D eigenvalue weighted by atomic mass is 9.97. The SMILES string of the molecule is C#Cc1ccc2cc(-c3cccc(C(N)=O)n3)ccc2c1C=O. The zero-order chi connectivity index (χ0) is 16.4. The summed E-state index contributed by atoms with van der Waals surface area (Å²) in [6.07, 6.45) is 6.19. The first-order chi connectivity index (χ1) is 11.1. The molecule has 2 aromatic carbocycles. The molecule has 0 bridgehead atoms. The van der Waals surface area contributed by atoms with E-state index in [1.165, 1.54) is 0 Å². The molecule has 3 rings (SSSR count). The van der Waals surface area contributed by atoms with Gasteiger partial charge in [0.15, 0.2) is 6.29 Å². The molecule has 0 aliphatic carbocycles. The number of fused-ring (bicyclic) bond motifs is 1. The van der Waals surface area contributed by atoms with Crippen LogP contribution >= 0.6 is 0 Å². The van der Waals surface area contributed by atoms with E-state index in [1.54, 1.807) is 24.3 Å². The molecule has 1 heterocycles. The van der Waals surface area contributed by atoms with Gasteiger partial charge in [-0.1, -0.05) is 30.2 Å². The molecular weight excluding hydrogens is 288 g/mol. The lowest BCUT2D eigenvalue weighted by molar-refractivity contribution is 0.0995. The number of terminal acetylenes is 1. The van der Waals surface area contributed by atoms with Gasteiger partial charge in [0.2, 0.25) is 0 Å². The summed E-state index contributed by atoms with van der Waals surface area (Å²) in [5.74, 6) is 1.94. The lowest BCUT2D eigenvalue weighted by Crippen LogP contribution is -2.12. The molecule has 110 valence electrons. The number of rotatable bonds is 3. The highest BCUT2D eigenvalue weighted by molar-refractivity contribution is 6.02. The molecule has 1 aromatic heterocycles. The van der Waals surface area contributed by atoms with Crippen molar-refractivity contribution in [3.05, 3.63) is 65.4 Å². The standard InChI is InChI=1S/C19H12N2O2/c1-2-12-6-7-13-10-14(8-9-15(13)16(12)11-22)17-4-3-5-18(21-17)19(20)23/h1,3-11H,(H2,20,23). The fourth-order valence-corrected chi connectivity index (χ4v) is 2.50. The Hall–Kier alpha value is -3.45. The van der Waals surface area contributed by atoms with Gasteiger partial charge < -0.3 is 5.73 Å². The number of pyridine rings is 1. The Bertz CT molecular complexity index is 984. The van der Waals surface area contributed by atoms with Gasteiger partial charge in [-0.25, -0.2) is 4.98 Å². The molecule has 0 aliphatic rings. The summed E-state index contributed by atoms with van der Waals surface area (Å²) in [6, 6.07) is 14.2. The highest BCUT2D eigenvalue weighted by Gasteiger charge is 2.09. The predicted molar refractivity (Wildman–Crippen MR) is 89.0 cm³/mol. The average Bonchev–Trinajstić information content (AvgIpc) is 2.60. The summed E-state index contributed by atoms with van der Waals surface area (Å²) in [5.41, 5.74) is 7.99. The van der Waals surface area contributed by atoms with Crippen molar-refractivity contribution in [2.45, 2.75) is 0 Å². The molecule has 0 fully saturated rings. The minimum atomic E-state index is -0.574. The maximum absolute atomic E-state index is 11.3. The van der Waals surface area contributed by atoms with E-state index in [9.17, 15) is 9.59 Å². The predicted octanol–water partition coefficient (Wildman–Crippen LogP) is 2.79. The number of aldehydes is 1. The van der Waals surface area contributed by atoms with Gasteiger partial charge in [0.25, 0.3) is 5.91 Å². The number of benzene rings is 2. The van der Waals surface area contributed by atoms with Gasteiger partial charge >= 0.3 is 0 Å². The van der Waals surface area contributed by atoms with Gasteiger partial charge in [-0.3, -0.25) is 9.59 Å². The van der Waals surface area contributed by atoms with Crippen LogP contribution in [0.5, 0.6) is 0 Å². The van der Waals surface area contributed by atoms with Crippen molar-refractivity contribution >= 4 is 23.0 Å². The number of hydrogen-bond acceptors (Lipinski definition) is 3. The van der Waals surface area contributed by atoms with Crippen molar-refractivity contribution in [1.82, 2.24) is 4.98 Å². The Labute approximate surface area is 133 Å². The Kier molecular flexibility index (Phi) is 3.62. The second kappa shape index (κ2) is 5.74. The Balaban J connectivity index is 2.18. The third-order valence-corrected chi connectivity index (χ3v) is 3.63. The van der Waals surface area contributed by atoms with E-state index in [4.69, 9.17) is 12.2 Å². The molecule has 0 unspecified atom stereocenters. The van der Waals surface area contributed by atoms with Crippen LogP contribution in [-0.4, -0.2) is 17.2 Å².